The molecule has 4 atom stereocenters. The molecule has 0 unspecified atom stereocenters. The molecule has 3 heterocycles. The van der Waals surface area contributed by atoms with Crippen molar-refractivity contribution in [3.63, 3.8) is 0 Å². The molecule has 1 aliphatic rings. The lowest BCUT2D eigenvalue weighted by Crippen LogP contribution is -2.54. The maximum absolute atomic E-state index is 17.4. The largest absolute Gasteiger partial charge is 0.497 e. The van der Waals surface area contributed by atoms with Gasteiger partial charge in [-0.2, -0.15) is 14.4 Å². The van der Waals surface area contributed by atoms with Crippen LogP contribution >= 0.6 is 22.6 Å². The number of hydrogen-bond acceptors (Lipinski definition) is 10. The van der Waals surface area contributed by atoms with E-state index in [0.29, 0.717) is 5.75 Å². The summed E-state index contributed by atoms with van der Waals surface area (Å²) in [6.45, 7) is 0. The minimum Gasteiger partial charge on any atom is -0.497 e. The normalized spacial score (nSPS) is 19.9. The number of benzene rings is 5. The Labute approximate surface area is 356 Å². The van der Waals surface area contributed by atoms with E-state index in [2.05, 4.69) is 26.2 Å². The summed E-state index contributed by atoms with van der Waals surface area (Å²) in [6, 6.07) is 42.1. The van der Waals surface area contributed by atoms with Gasteiger partial charge in [-0.15, -0.1) is 6.42 Å². The van der Waals surface area contributed by atoms with Crippen molar-refractivity contribution in [2.45, 2.75) is 29.3 Å². The van der Waals surface area contributed by atoms with E-state index in [0.717, 1.165) is 21.3 Å². The lowest BCUT2D eigenvalue weighted by Gasteiger charge is -2.37. The number of fused-ring (bicyclic) bond motifs is 1. The standard InChI is InChI=1S/C46H34F2IN5O6/c1-3-44(59-40(56)31-18-10-5-11-19-31)41(58-39(55)30-16-8-4-9-17-30)45(48,28-49)60-42(44)54-29-50-36-37(51-43(47)52-38(36)54)53-46(32-20-12-6-13-21-32,33-22-14-7-15-23-33)34-24-26-35(57-2)27-25-34/h1,4-27,29,41-42H,28H2,2H3,(H,51,52,53)/t41-,42+,44+,45+/m0/s1. The van der Waals surface area contributed by atoms with Crippen LogP contribution in [0, 0.1) is 18.4 Å². The maximum atomic E-state index is 17.4. The Morgan fingerprint density at radius 1 is 0.833 bits per heavy atom. The first-order valence-corrected chi connectivity index (χ1v) is 20.1. The molecule has 0 radical (unpaired) electrons. The molecule has 0 saturated carbocycles. The number of esters is 2. The molecule has 2 aromatic heterocycles. The van der Waals surface area contributed by atoms with Crippen LogP contribution in [0.25, 0.3) is 11.2 Å². The average molecular weight is 918 g/mol. The minimum atomic E-state index is -2.85. The molecule has 0 amide bonds. The number of rotatable bonds is 12. The molecule has 0 bridgehead atoms. The van der Waals surface area contributed by atoms with Gasteiger partial charge in [-0.3, -0.25) is 4.57 Å². The highest BCUT2D eigenvalue weighted by atomic mass is 127. The summed E-state index contributed by atoms with van der Waals surface area (Å²) in [4.78, 5) is 40.4. The molecule has 8 rings (SSSR count). The van der Waals surface area contributed by atoms with Gasteiger partial charge in [0.1, 0.15) is 11.3 Å². The fraction of sp³-hybridized carbons (Fsp3) is 0.152. The molecule has 5 aromatic carbocycles. The molecular formula is C46H34F2IN5O6. The van der Waals surface area contributed by atoms with Crippen molar-refractivity contribution < 1.29 is 37.3 Å². The first-order chi connectivity index (χ1) is 29.2. The number of methoxy groups -OCH3 is 1. The Morgan fingerprint density at radius 3 is 1.90 bits per heavy atom. The molecule has 7 aromatic rings. The second-order valence-electron chi connectivity index (χ2n) is 13.7. The van der Waals surface area contributed by atoms with E-state index in [-0.39, 0.29) is 28.1 Å². The second kappa shape index (κ2) is 16.5. The fourth-order valence-corrected chi connectivity index (χ4v) is 7.98. The van der Waals surface area contributed by atoms with Crippen LogP contribution in [-0.4, -0.2) is 60.6 Å². The van der Waals surface area contributed by atoms with Gasteiger partial charge in [0.05, 0.1) is 29.0 Å². The second-order valence-corrected chi connectivity index (χ2v) is 14.5. The van der Waals surface area contributed by atoms with Crippen LogP contribution < -0.4 is 10.1 Å². The molecule has 0 aliphatic carbocycles. The van der Waals surface area contributed by atoms with E-state index in [4.69, 9.17) is 25.4 Å². The number of hydrogen-bond donors (Lipinski definition) is 1. The zero-order valence-corrected chi connectivity index (χ0v) is 33.9. The van der Waals surface area contributed by atoms with Crippen LogP contribution in [0.15, 0.2) is 152 Å². The molecule has 300 valence electrons. The van der Waals surface area contributed by atoms with Crippen LogP contribution in [0.1, 0.15) is 43.6 Å². The van der Waals surface area contributed by atoms with Crippen molar-refractivity contribution in [2.75, 3.05) is 16.9 Å². The Balaban J connectivity index is 1.31. The summed E-state index contributed by atoms with van der Waals surface area (Å²) >= 11 is 1.72. The number of aromatic nitrogens is 4. The predicted octanol–water partition coefficient (Wildman–Crippen LogP) is 8.46. The number of halogens is 3. The highest BCUT2D eigenvalue weighted by Gasteiger charge is 2.70. The number of terminal acetylenes is 1. The molecular weight excluding hydrogens is 883 g/mol. The first kappa shape index (κ1) is 40.1. The minimum absolute atomic E-state index is 0.0220. The quantitative estimate of drug-likeness (QED) is 0.0319. The van der Waals surface area contributed by atoms with Gasteiger partial charge < -0.3 is 24.3 Å². The summed E-state index contributed by atoms with van der Waals surface area (Å²) < 4.78 is 57.6. The Bertz CT molecular complexity index is 2650. The topological polar surface area (TPSA) is 127 Å². The maximum Gasteiger partial charge on any atom is 0.339 e. The summed E-state index contributed by atoms with van der Waals surface area (Å²) in [5.41, 5.74) is -1.52. The molecule has 0 spiro atoms. The summed E-state index contributed by atoms with van der Waals surface area (Å²) in [5.74, 6) is -1.80. The van der Waals surface area contributed by atoms with E-state index in [1.54, 1.807) is 66.1 Å². The van der Waals surface area contributed by atoms with Crippen molar-refractivity contribution >= 4 is 51.5 Å². The molecule has 1 N–H and O–H groups in total. The van der Waals surface area contributed by atoms with Gasteiger partial charge >= 0.3 is 18.0 Å². The number of anilines is 1. The van der Waals surface area contributed by atoms with Crippen LogP contribution in [-0.2, 0) is 19.7 Å². The van der Waals surface area contributed by atoms with Crippen molar-refractivity contribution in [2.24, 2.45) is 0 Å². The third kappa shape index (κ3) is 7.09. The van der Waals surface area contributed by atoms with Crippen molar-refractivity contribution in [1.29, 1.82) is 0 Å². The average Bonchev–Trinajstić information content (AvgIpc) is 3.82. The number of alkyl halides is 2. The van der Waals surface area contributed by atoms with E-state index in [1.807, 2.05) is 84.9 Å². The van der Waals surface area contributed by atoms with Gasteiger partial charge in [-0.05, 0) is 59.0 Å². The van der Waals surface area contributed by atoms with Gasteiger partial charge in [0.25, 0.3) is 11.5 Å². The predicted molar refractivity (Wildman–Crippen MR) is 227 cm³/mol. The van der Waals surface area contributed by atoms with Gasteiger partial charge in [-0.25, -0.2) is 19.0 Å². The van der Waals surface area contributed by atoms with Gasteiger partial charge in [-0.1, -0.05) is 132 Å². The highest BCUT2D eigenvalue weighted by Crippen LogP contribution is 2.51. The van der Waals surface area contributed by atoms with Crippen molar-refractivity contribution in [1.82, 2.24) is 19.5 Å². The first-order valence-electron chi connectivity index (χ1n) is 18.5. The number of nitrogens with zero attached hydrogens (tertiary/aromatic N) is 4. The monoisotopic (exact) mass is 917 g/mol. The molecule has 1 saturated heterocycles. The van der Waals surface area contributed by atoms with E-state index in [1.165, 1.54) is 30.6 Å². The Hall–Kier alpha value is -6.70. The third-order valence-electron chi connectivity index (χ3n) is 10.3. The zero-order chi connectivity index (χ0) is 41.9. The Morgan fingerprint density at radius 2 is 1.37 bits per heavy atom. The highest BCUT2D eigenvalue weighted by molar-refractivity contribution is 14.1. The van der Waals surface area contributed by atoms with Crippen molar-refractivity contribution in [3.05, 3.63) is 186 Å². The Kier molecular flexibility index (Phi) is 11.0. The van der Waals surface area contributed by atoms with Crippen LogP contribution in [0.3, 0.4) is 0 Å². The van der Waals surface area contributed by atoms with Crippen LogP contribution in [0.4, 0.5) is 14.6 Å². The molecule has 1 aliphatic heterocycles. The lowest BCUT2D eigenvalue weighted by atomic mass is 9.77. The smallest absolute Gasteiger partial charge is 0.339 e. The molecule has 60 heavy (non-hydrogen) atoms. The number of ether oxygens (including phenoxy) is 4. The molecule has 1 fully saturated rings. The summed E-state index contributed by atoms with van der Waals surface area (Å²) in [5, 5.41) is 3.52. The van der Waals surface area contributed by atoms with E-state index >= 15 is 8.78 Å². The van der Waals surface area contributed by atoms with E-state index in [9.17, 15) is 9.59 Å². The lowest BCUT2D eigenvalue weighted by molar-refractivity contribution is -0.168. The van der Waals surface area contributed by atoms with Crippen LogP contribution in [0.2, 0.25) is 0 Å². The van der Waals surface area contributed by atoms with Crippen LogP contribution in [0.5, 0.6) is 5.75 Å². The number of nitrogens with one attached hydrogen (secondary N) is 1. The van der Waals surface area contributed by atoms with Gasteiger partial charge in [0.2, 0.25) is 6.10 Å². The molecule has 11 nitrogen and oxygen atoms in total. The van der Waals surface area contributed by atoms with Gasteiger partial charge in [0.15, 0.2) is 23.2 Å². The van der Waals surface area contributed by atoms with Gasteiger partial charge in [0, 0.05) is 0 Å². The number of imidazole rings is 1. The summed E-state index contributed by atoms with van der Waals surface area (Å²) in [6.07, 6.45) is 2.40. The fourth-order valence-electron chi connectivity index (χ4n) is 7.40. The molecule has 14 heteroatoms. The number of carbonyl (C=O) groups excluding carboxylic acids is 2. The van der Waals surface area contributed by atoms with Crippen molar-refractivity contribution in [3.8, 4) is 18.1 Å². The zero-order valence-electron chi connectivity index (χ0n) is 31.7. The SMILES string of the molecule is C#C[C@]1(OC(=O)c2ccccc2)[C@H](n2cnc3c(NC(c4ccccc4)(c4ccccc4)c4ccc(OC)cc4)nc(F)nc32)O[C@](F)(CI)[C@H]1OC(=O)c1ccccc1. The summed E-state index contributed by atoms with van der Waals surface area (Å²) in [7, 11) is 1.57. The number of carbonyl (C=O) groups is 2. The van der Waals surface area contributed by atoms with E-state index < -0.39 is 51.8 Å². The third-order valence-corrected chi connectivity index (χ3v) is 11.3.